The van der Waals surface area contributed by atoms with Crippen LogP contribution in [0.25, 0.3) is 0 Å². The zero-order valence-corrected chi connectivity index (χ0v) is 13.5. The Morgan fingerprint density at radius 1 is 0.952 bits per heavy atom. The van der Waals surface area contributed by atoms with Gasteiger partial charge in [-0.25, -0.2) is 0 Å². The number of carbonyl (C=O) groups is 2. The molecule has 1 heterocycles. The Hall–Kier alpha value is -1.06. The highest BCUT2D eigenvalue weighted by Gasteiger charge is 2.24. The zero-order chi connectivity index (χ0) is 15.1. The summed E-state index contributed by atoms with van der Waals surface area (Å²) in [6, 6.07) is 0.369. The quantitative estimate of drug-likeness (QED) is 0.800. The minimum Gasteiger partial charge on any atom is -0.343 e. The molecule has 2 fully saturated rings. The minimum absolute atomic E-state index is 0.130. The van der Waals surface area contributed by atoms with E-state index in [1.54, 1.807) is 6.92 Å². The van der Waals surface area contributed by atoms with Crippen molar-refractivity contribution >= 4 is 11.8 Å². The first-order valence-electron chi connectivity index (χ1n) is 8.73. The van der Waals surface area contributed by atoms with Crippen LogP contribution in [0.3, 0.4) is 0 Å². The lowest BCUT2D eigenvalue weighted by molar-refractivity contribution is -0.135. The average Bonchev–Trinajstić information content (AvgIpc) is 2.77. The lowest BCUT2D eigenvalue weighted by atomic mass is 9.94. The first-order valence-corrected chi connectivity index (χ1v) is 8.73. The normalized spacial score (nSPS) is 20.9. The molecule has 1 aliphatic carbocycles. The van der Waals surface area contributed by atoms with Gasteiger partial charge in [0.05, 0.1) is 0 Å². The van der Waals surface area contributed by atoms with Crippen molar-refractivity contribution in [3.8, 4) is 0 Å². The van der Waals surface area contributed by atoms with Gasteiger partial charge < -0.3 is 9.80 Å². The van der Waals surface area contributed by atoms with Gasteiger partial charge >= 0.3 is 0 Å². The summed E-state index contributed by atoms with van der Waals surface area (Å²) in [7, 11) is 0. The molecule has 2 aliphatic rings. The summed E-state index contributed by atoms with van der Waals surface area (Å²) in [5, 5.41) is 0. The summed E-state index contributed by atoms with van der Waals surface area (Å²) in [6.45, 7) is 4.06. The van der Waals surface area contributed by atoms with Crippen LogP contribution in [0.5, 0.6) is 0 Å². The number of carbonyl (C=O) groups excluding carboxylic acids is 2. The third kappa shape index (κ3) is 5.01. The molecule has 1 aliphatic heterocycles. The van der Waals surface area contributed by atoms with Crippen LogP contribution >= 0.6 is 0 Å². The molecule has 0 N–H and O–H groups in total. The predicted octanol–water partition coefficient (Wildman–Crippen LogP) is 2.96. The van der Waals surface area contributed by atoms with Crippen LogP contribution in [0.15, 0.2) is 0 Å². The number of hydrogen-bond donors (Lipinski definition) is 0. The second-order valence-corrected chi connectivity index (χ2v) is 6.55. The van der Waals surface area contributed by atoms with E-state index in [0.29, 0.717) is 19.0 Å². The van der Waals surface area contributed by atoms with Gasteiger partial charge in [0.1, 0.15) is 0 Å². The van der Waals surface area contributed by atoms with E-state index in [2.05, 4.69) is 0 Å². The van der Waals surface area contributed by atoms with Crippen molar-refractivity contribution in [1.29, 1.82) is 0 Å². The molecule has 0 spiro atoms. The molecule has 0 atom stereocenters. The lowest BCUT2D eigenvalue weighted by Crippen LogP contribution is -2.43. The summed E-state index contributed by atoms with van der Waals surface area (Å²) < 4.78 is 0. The molecule has 0 bridgehead atoms. The van der Waals surface area contributed by atoms with Crippen LogP contribution < -0.4 is 0 Å². The van der Waals surface area contributed by atoms with Gasteiger partial charge in [0, 0.05) is 39.0 Å². The highest BCUT2D eigenvalue weighted by atomic mass is 16.2. The average molecular weight is 294 g/mol. The fourth-order valence-corrected chi connectivity index (χ4v) is 3.68. The van der Waals surface area contributed by atoms with Crippen molar-refractivity contribution in [1.82, 2.24) is 9.80 Å². The number of hydrogen-bond acceptors (Lipinski definition) is 2. The molecule has 0 aromatic heterocycles. The minimum atomic E-state index is 0.130. The molecule has 120 valence electrons. The Kier molecular flexibility index (Phi) is 6.52. The highest BCUT2D eigenvalue weighted by Crippen LogP contribution is 2.23. The molecule has 0 radical (unpaired) electrons. The standard InChI is InChI=1S/C17H30N2O2/c1-15(20)19(16-9-5-4-6-10-16)14-11-17(21)18-12-7-2-3-8-13-18/h16H,2-14H2,1H3. The number of amides is 2. The van der Waals surface area contributed by atoms with Crippen LogP contribution in [0.4, 0.5) is 0 Å². The molecule has 2 rings (SSSR count). The molecule has 21 heavy (non-hydrogen) atoms. The van der Waals surface area contributed by atoms with Gasteiger partial charge in [0.25, 0.3) is 0 Å². The van der Waals surface area contributed by atoms with E-state index in [-0.39, 0.29) is 11.8 Å². The summed E-state index contributed by atoms with van der Waals surface area (Å²) in [5.74, 6) is 0.365. The highest BCUT2D eigenvalue weighted by molar-refractivity contribution is 5.78. The van der Waals surface area contributed by atoms with Crippen LogP contribution in [0.2, 0.25) is 0 Å². The summed E-state index contributed by atoms with van der Waals surface area (Å²) in [4.78, 5) is 28.2. The van der Waals surface area contributed by atoms with E-state index in [1.165, 1.54) is 32.1 Å². The van der Waals surface area contributed by atoms with E-state index in [1.807, 2.05) is 9.80 Å². The molecule has 0 aromatic rings. The topological polar surface area (TPSA) is 40.6 Å². The first-order chi connectivity index (χ1) is 10.2. The van der Waals surface area contributed by atoms with Gasteiger partial charge in [0.2, 0.25) is 11.8 Å². The lowest BCUT2D eigenvalue weighted by Gasteiger charge is -2.34. The molecule has 4 heteroatoms. The van der Waals surface area contributed by atoms with Crippen molar-refractivity contribution in [2.45, 2.75) is 77.2 Å². The smallest absolute Gasteiger partial charge is 0.224 e. The third-order valence-electron chi connectivity index (χ3n) is 4.95. The van der Waals surface area contributed by atoms with Gasteiger partial charge in [-0.05, 0) is 25.7 Å². The zero-order valence-electron chi connectivity index (χ0n) is 13.5. The first kappa shape index (κ1) is 16.3. The summed E-state index contributed by atoms with van der Waals surface area (Å²) in [5.41, 5.74) is 0. The number of rotatable bonds is 4. The van der Waals surface area contributed by atoms with Crippen molar-refractivity contribution < 1.29 is 9.59 Å². The Morgan fingerprint density at radius 3 is 2.10 bits per heavy atom. The molecule has 1 saturated heterocycles. The Labute approximate surface area is 128 Å². The molecule has 0 aromatic carbocycles. The fraction of sp³-hybridized carbons (Fsp3) is 0.882. The molecule has 0 unspecified atom stereocenters. The second kappa shape index (κ2) is 8.40. The van der Waals surface area contributed by atoms with Gasteiger partial charge in [-0.1, -0.05) is 32.1 Å². The number of nitrogens with zero attached hydrogens (tertiary/aromatic N) is 2. The predicted molar refractivity (Wildman–Crippen MR) is 83.9 cm³/mol. The van der Waals surface area contributed by atoms with E-state index >= 15 is 0 Å². The van der Waals surface area contributed by atoms with Crippen LogP contribution in [-0.2, 0) is 9.59 Å². The maximum atomic E-state index is 12.3. The van der Waals surface area contributed by atoms with Crippen LogP contribution in [-0.4, -0.2) is 47.3 Å². The van der Waals surface area contributed by atoms with Crippen LogP contribution in [0.1, 0.15) is 71.1 Å². The van der Waals surface area contributed by atoms with Crippen molar-refractivity contribution in [2.24, 2.45) is 0 Å². The summed E-state index contributed by atoms with van der Waals surface area (Å²) in [6.07, 6.45) is 11.2. The fourth-order valence-electron chi connectivity index (χ4n) is 3.68. The molecule has 2 amide bonds. The number of likely N-dealkylation sites (tertiary alicyclic amines) is 1. The van der Waals surface area contributed by atoms with Crippen molar-refractivity contribution in [3.63, 3.8) is 0 Å². The van der Waals surface area contributed by atoms with Gasteiger partial charge in [-0.15, -0.1) is 0 Å². The Bertz CT molecular complexity index is 343. The Morgan fingerprint density at radius 2 is 1.52 bits per heavy atom. The maximum Gasteiger partial charge on any atom is 0.224 e. The molecular formula is C17H30N2O2. The van der Waals surface area contributed by atoms with Gasteiger partial charge in [0.15, 0.2) is 0 Å². The maximum absolute atomic E-state index is 12.3. The van der Waals surface area contributed by atoms with Crippen molar-refractivity contribution in [2.75, 3.05) is 19.6 Å². The largest absolute Gasteiger partial charge is 0.343 e. The van der Waals surface area contributed by atoms with Gasteiger partial charge in [-0.2, -0.15) is 0 Å². The van der Waals surface area contributed by atoms with E-state index in [0.717, 1.165) is 38.8 Å². The Balaban J connectivity index is 1.82. The monoisotopic (exact) mass is 294 g/mol. The van der Waals surface area contributed by atoms with Gasteiger partial charge in [-0.3, -0.25) is 9.59 Å². The third-order valence-corrected chi connectivity index (χ3v) is 4.95. The SMILES string of the molecule is CC(=O)N(CCC(=O)N1CCCCCC1)C1CCCCC1. The van der Waals surface area contributed by atoms with Crippen LogP contribution in [0, 0.1) is 0 Å². The van der Waals surface area contributed by atoms with E-state index in [9.17, 15) is 9.59 Å². The van der Waals surface area contributed by atoms with E-state index in [4.69, 9.17) is 0 Å². The van der Waals surface area contributed by atoms with E-state index < -0.39 is 0 Å². The molecule has 1 saturated carbocycles. The van der Waals surface area contributed by atoms with Crippen molar-refractivity contribution in [3.05, 3.63) is 0 Å². The molecule has 4 nitrogen and oxygen atoms in total. The second-order valence-electron chi connectivity index (χ2n) is 6.55. The summed E-state index contributed by atoms with van der Waals surface area (Å²) >= 11 is 0. The molecular weight excluding hydrogens is 264 g/mol.